The van der Waals surface area contributed by atoms with Gasteiger partial charge < -0.3 is 25.0 Å². The summed E-state index contributed by atoms with van der Waals surface area (Å²) in [6.45, 7) is 21.0. The second kappa shape index (κ2) is 20.3. The predicted octanol–water partition coefficient (Wildman–Crippen LogP) is 9.60. The fraction of sp³-hybridized carbons (Fsp3) is 0.377. The Labute approximate surface area is 402 Å². The molecule has 0 aliphatic carbocycles. The van der Waals surface area contributed by atoms with E-state index in [2.05, 4.69) is 15.1 Å². The van der Waals surface area contributed by atoms with Crippen molar-refractivity contribution in [1.82, 2.24) is 15.2 Å². The molecule has 0 spiro atoms. The molecule has 0 bridgehead atoms. The van der Waals surface area contributed by atoms with Crippen LogP contribution in [0.1, 0.15) is 93.0 Å². The topological polar surface area (TPSA) is 137 Å². The van der Waals surface area contributed by atoms with Crippen molar-refractivity contribution in [2.75, 3.05) is 23.0 Å². The van der Waals surface area contributed by atoms with Gasteiger partial charge in [0.1, 0.15) is 17.3 Å². The number of aliphatic hydroxyl groups excluding tert-OH is 1. The molecule has 2 aliphatic rings. The minimum Gasteiger partial charge on any atom is -0.494 e. The van der Waals surface area contributed by atoms with Crippen LogP contribution in [0.3, 0.4) is 0 Å². The summed E-state index contributed by atoms with van der Waals surface area (Å²) in [5.74, 6) is -0.353. The van der Waals surface area contributed by atoms with E-state index in [1.807, 2.05) is 132 Å². The summed E-state index contributed by atoms with van der Waals surface area (Å²) in [4.78, 5) is 69.2. The van der Waals surface area contributed by atoms with Crippen molar-refractivity contribution in [3.8, 4) is 16.2 Å². The van der Waals surface area contributed by atoms with Crippen molar-refractivity contribution in [1.29, 1.82) is 0 Å². The summed E-state index contributed by atoms with van der Waals surface area (Å²) in [6.07, 6.45) is 2.34. The Balaban J connectivity index is 0.899. The predicted molar refractivity (Wildman–Crippen MR) is 268 cm³/mol. The van der Waals surface area contributed by atoms with Crippen molar-refractivity contribution in [2.24, 2.45) is 5.41 Å². The van der Waals surface area contributed by atoms with Crippen LogP contribution >= 0.6 is 23.6 Å². The van der Waals surface area contributed by atoms with E-state index in [-0.39, 0.29) is 42.9 Å². The molecule has 4 aromatic carbocycles. The number of anilines is 2. The second-order valence-electron chi connectivity index (χ2n) is 19.0. The first-order chi connectivity index (χ1) is 31.9. The van der Waals surface area contributed by atoms with Crippen molar-refractivity contribution in [2.45, 2.75) is 111 Å². The van der Waals surface area contributed by atoms with Crippen LogP contribution in [0.5, 0.6) is 5.75 Å². The number of unbranched alkanes of at least 4 members (excludes halogenated alkanes) is 1. The molecule has 2 saturated heterocycles. The molecular weight excluding hydrogens is 881 g/mol. The number of β-amino-alcohol motifs (C(OH)–C–C–N with tert-alkyl or cyclic N) is 1. The van der Waals surface area contributed by atoms with Crippen LogP contribution in [0.25, 0.3) is 15.3 Å². The van der Waals surface area contributed by atoms with Crippen LogP contribution in [0, 0.1) is 25.8 Å². The number of aliphatic hydroxyl groups is 1. The molecule has 0 saturated carbocycles. The lowest BCUT2D eigenvalue weighted by molar-refractivity contribution is -0.141. The smallest absolute Gasteiger partial charge is 0.259 e. The van der Waals surface area contributed by atoms with Crippen molar-refractivity contribution in [3.05, 3.63) is 136 Å². The first-order valence-electron chi connectivity index (χ1n) is 22.7. The third-order valence-electron chi connectivity index (χ3n) is 12.6. The van der Waals surface area contributed by atoms with Crippen LogP contribution in [-0.4, -0.2) is 80.5 Å². The number of ether oxygens (including phenoxy) is 1. The largest absolute Gasteiger partial charge is 0.494 e. The van der Waals surface area contributed by atoms with Gasteiger partial charge in [-0.15, -0.1) is 11.3 Å². The Morgan fingerprint density at radius 2 is 1.69 bits per heavy atom. The number of hydrogen-bond acceptors (Lipinski definition) is 9. The van der Waals surface area contributed by atoms with Crippen molar-refractivity contribution in [3.63, 3.8) is 0 Å². The number of nitrogens with zero attached hydrogens (tertiary/aromatic N) is 5. The summed E-state index contributed by atoms with van der Waals surface area (Å²) in [5.41, 5.74) is 7.37. The number of aromatic nitrogens is 1. The Morgan fingerprint density at radius 3 is 2.34 bits per heavy atom. The van der Waals surface area contributed by atoms with E-state index in [0.29, 0.717) is 47.2 Å². The SMILES string of the molecule is [C-]#[N+]c1ccc(N2C(=O)C(C)(C)N(c3ccc(OCCCCc4cccc(C(=O)N[C@H](C(=O)N5C[C@H](O)C[C@H]5C(=O)CCc5ccc(-c6scnc6C)cc5)C(C)(C)C)c4)cc3)C2=S)cc1C. The number of likely N-dealkylation sites (tertiary alicyclic amines) is 1. The minimum atomic E-state index is -0.937. The molecule has 67 heavy (non-hydrogen) atoms. The number of carbonyl (C=O) groups excluding carboxylic acids is 4. The first-order valence-corrected chi connectivity index (χ1v) is 24.0. The molecule has 3 amide bonds. The molecule has 0 radical (unpaired) electrons. The highest BCUT2D eigenvalue weighted by Gasteiger charge is 2.50. The normalized spacial score (nSPS) is 17.4. The maximum absolute atomic E-state index is 14.3. The molecule has 1 aromatic heterocycles. The van der Waals surface area contributed by atoms with Gasteiger partial charge in [0.05, 0.1) is 41.4 Å². The van der Waals surface area contributed by atoms with E-state index in [0.717, 1.165) is 51.4 Å². The fourth-order valence-electron chi connectivity index (χ4n) is 8.77. The molecule has 3 atom stereocenters. The van der Waals surface area contributed by atoms with Gasteiger partial charge in [-0.25, -0.2) is 9.83 Å². The van der Waals surface area contributed by atoms with Crippen molar-refractivity contribution < 1.29 is 29.0 Å². The number of benzene rings is 4. The van der Waals surface area contributed by atoms with Crippen molar-refractivity contribution >= 4 is 69.2 Å². The quantitative estimate of drug-likeness (QED) is 0.0563. The molecule has 2 N–H and O–H groups in total. The van der Waals surface area contributed by atoms with Crippen LogP contribution < -0.4 is 19.9 Å². The zero-order valence-electron chi connectivity index (χ0n) is 39.2. The van der Waals surface area contributed by atoms with Gasteiger partial charge in [0.15, 0.2) is 16.6 Å². The average molecular weight is 939 g/mol. The third-order valence-corrected chi connectivity index (χ3v) is 13.9. The molecule has 3 heterocycles. The number of carbonyl (C=O) groups is 4. The lowest BCUT2D eigenvalue weighted by atomic mass is 9.85. The van der Waals surface area contributed by atoms with Crippen LogP contribution in [-0.2, 0) is 27.2 Å². The Bertz CT molecular complexity index is 2700. The maximum atomic E-state index is 14.3. The van der Waals surface area contributed by atoms with E-state index < -0.39 is 29.1 Å². The average Bonchev–Trinajstić information content (AvgIpc) is 3.96. The third kappa shape index (κ3) is 10.8. The van der Waals surface area contributed by atoms with Crippen LogP contribution in [0.15, 0.2) is 96.5 Å². The second-order valence-corrected chi connectivity index (χ2v) is 20.2. The van der Waals surface area contributed by atoms with E-state index >= 15 is 0 Å². The zero-order chi connectivity index (χ0) is 48.2. The summed E-state index contributed by atoms with van der Waals surface area (Å²) in [5, 5.41) is 14.0. The van der Waals surface area contributed by atoms with E-state index in [1.165, 1.54) is 9.80 Å². The number of thiazole rings is 1. The van der Waals surface area contributed by atoms with Gasteiger partial charge >= 0.3 is 0 Å². The number of aryl methyl sites for hydroxylation is 4. The Kier molecular flexibility index (Phi) is 14.7. The van der Waals surface area contributed by atoms with E-state index in [1.54, 1.807) is 29.5 Å². The zero-order valence-corrected chi connectivity index (χ0v) is 40.8. The number of ketones is 1. The Morgan fingerprint density at radius 1 is 0.970 bits per heavy atom. The lowest BCUT2D eigenvalue weighted by Crippen LogP contribution is -2.56. The molecule has 14 heteroatoms. The van der Waals surface area contributed by atoms with Gasteiger partial charge in [-0.05, 0) is 142 Å². The summed E-state index contributed by atoms with van der Waals surface area (Å²) in [6, 6.07) is 26.5. The van der Waals surface area contributed by atoms with Gasteiger partial charge in [-0.1, -0.05) is 63.2 Å². The molecular formula is C53H58N6O6S2. The molecule has 2 fully saturated rings. The molecule has 2 aliphatic heterocycles. The molecule has 348 valence electrons. The Hall–Kier alpha value is -6.27. The monoisotopic (exact) mass is 938 g/mol. The van der Waals surface area contributed by atoms with Gasteiger partial charge in [0.2, 0.25) is 5.91 Å². The van der Waals surface area contributed by atoms with Gasteiger partial charge in [-0.3, -0.25) is 24.1 Å². The van der Waals surface area contributed by atoms with E-state index in [9.17, 15) is 24.3 Å². The van der Waals surface area contributed by atoms with Gasteiger partial charge in [0.25, 0.3) is 11.8 Å². The summed E-state index contributed by atoms with van der Waals surface area (Å²) in [7, 11) is 0. The van der Waals surface area contributed by atoms with Gasteiger partial charge in [0, 0.05) is 36.3 Å². The molecule has 12 nitrogen and oxygen atoms in total. The number of amides is 3. The molecule has 5 aromatic rings. The molecule has 0 unspecified atom stereocenters. The highest BCUT2D eigenvalue weighted by Crippen LogP contribution is 2.38. The number of nitrogens with one attached hydrogen (secondary N) is 1. The van der Waals surface area contributed by atoms with Crippen LogP contribution in [0.2, 0.25) is 0 Å². The highest BCUT2D eigenvalue weighted by molar-refractivity contribution is 7.81. The first kappa shape index (κ1) is 48.7. The van der Waals surface area contributed by atoms with Crippen LogP contribution in [0.4, 0.5) is 17.1 Å². The van der Waals surface area contributed by atoms with Gasteiger partial charge in [-0.2, -0.15) is 0 Å². The maximum Gasteiger partial charge on any atom is 0.259 e. The summed E-state index contributed by atoms with van der Waals surface area (Å²) < 4.78 is 6.08. The number of rotatable bonds is 16. The number of hydrogen-bond donors (Lipinski definition) is 2. The summed E-state index contributed by atoms with van der Waals surface area (Å²) >= 11 is 7.43. The highest BCUT2D eigenvalue weighted by atomic mass is 32.1. The standard InChI is InChI=1S/C53H58N6O6S2/c1-33-28-40(22-25-43(33)54-8)58-50(64)53(6,7)59(51(58)66)39-20-23-42(24-21-39)65-27-10-9-12-36-13-11-14-38(29-36)48(62)56-47(52(3,4)5)49(63)57-31-41(60)30-44(57)45(61)26-17-35-15-18-37(19-16-35)46-34(2)55-32-67-46/h11,13-16,18-25,28-29,32,41,44,47,60H,9-10,12,17,26-27,30-31H2,1-7H3,(H,56,62)/t41-,44+,47-/m1/s1. The lowest BCUT2D eigenvalue weighted by Gasteiger charge is -2.35. The fourth-order valence-corrected chi connectivity index (χ4v) is 10.1. The molecule has 7 rings (SSSR count). The van der Waals surface area contributed by atoms with E-state index in [4.69, 9.17) is 23.5 Å². The number of thiocarbonyl (C=S) groups is 1. The number of Topliss-reactive ketones (excluding diaryl/α,β-unsaturated/α-hetero) is 1. The minimum absolute atomic E-state index is 0.0279.